The van der Waals surface area contributed by atoms with Crippen LogP contribution in [-0.2, 0) is 34.5 Å². The number of benzene rings is 5. The molecule has 0 N–H and O–H groups in total. The van der Waals surface area contributed by atoms with Gasteiger partial charge in [-0.3, -0.25) is 13.4 Å². The third-order valence-corrected chi connectivity index (χ3v) is 14.9. The van der Waals surface area contributed by atoms with Crippen molar-refractivity contribution >= 4 is 67.2 Å². The molecule has 3 nitrogen and oxygen atoms in total. The second-order valence-electron chi connectivity index (χ2n) is 26.9. The summed E-state index contributed by atoms with van der Waals surface area (Å²) in [5.74, 6) is 0. The van der Waals surface area contributed by atoms with Crippen molar-refractivity contribution in [3.63, 3.8) is 0 Å². The van der Waals surface area contributed by atoms with Gasteiger partial charge in [0.05, 0.1) is 22.1 Å². The number of hydrogen-bond donors (Lipinski definition) is 0. The van der Waals surface area contributed by atoms with Crippen LogP contribution in [0, 0.1) is 17.8 Å². The van der Waals surface area contributed by atoms with E-state index < -0.39 is 0 Å². The van der Waals surface area contributed by atoms with E-state index in [1.54, 1.807) is 0 Å². The van der Waals surface area contributed by atoms with Gasteiger partial charge in [-0.2, -0.15) is 0 Å². The molecule has 65 heavy (non-hydrogen) atoms. The Morgan fingerprint density at radius 2 is 0.862 bits per heavy atom. The van der Waals surface area contributed by atoms with Crippen molar-refractivity contribution in [1.82, 2.24) is 13.4 Å². The predicted octanol–water partition coefficient (Wildman–Crippen LogP) is 14.5. The molecule has 0 saturated heterocycles. The van der Waals surface area contributed by atoms with E-state index in [0.717, 1.165) is 12.8 Å². The van der Waals surface area contributed by atoms with E-state index in [4.69, 9.17) is 0 Å². The summed E-state index contributed by atoms with van der Waals surface area (Å²) >= 11 is 0. The first-order valence-corrected chi connectivity index (χ1v) is 24.6. The average molecular weight is 860 g/mol. The number of hydrogen-bond acceptors (Lipinski definition) is 0. The lowest BCUT2D eigenvalue weighted by Gasteiger charge is -2.28. The molecule has 0 amide bonds. The molecule has 5 aromatic carbocycles. The van der Waals surface area contributed by atoms with Crippen LogP contribution in [-0.4, -0.2) is 20.1 Å². The molecule has 0 aliphatic carbocycles. The number of aromatic nitrogens is 3. The quantitative estimate of drug-likeness (QED) is 0.154. The van der Waals surface area contributed by atoms with E-state index in [1.165, 1.54) is 116 Å². The predicted molar refractivity (Wildman–Crippen MR) is 285 cm³/mol. The monoisotopic (exact) mass is 860 g/mol. The fraction of sp³-hybridized carbons (Fsp3) is 0.443. The van der Waals surface area contributed by atoms with E-state index in [-0.39, 0.29) is 39.2 Å². The maximum absolute atomic E-state index is 2.76. The van der Waals surface area contributed by atoms with Crippen LogP contribution in [0.15, 0.2) is 78.9 Å². The van der Waals surface area contributed by atoms with Crippen LogP contribution in [0.1, 0.15) is 164 Å². The number of rotatable bonds is 2. The highest BCUT2D eigenvalue weighted by atomic mass is 15.2. The molecular weight excluding hydrogens is 786 g/mol. The van der Waals surface area contributed by atoms with Crippen LogP contribution in [0.5, 0.6) is 0 Å². The van der Waals surface area contributed by atoms with Gasteiger partial charge in [0, 0.05) is 16.6 Å². The topological polar surface area (TPSA) is 13.8 Å². The maximum Gasteiger partial charge on any atom is 0.251 e. The lowest BCUT2D eigenvalue weighted by Crippen LogP contribution is -2.53. The van der Waals surface area contributed by atoms with Crippen LogP contribution in [0.4, 0.5) is 0 Å². The molecule has 8 aromatic rings. The molecule has 0 saturated carbocycles. The van der Waals surface area contributed by atoms with Gasteiger partial charge >= 0.3 is 0 Å². The zero-order valence-corrected chi connectivity index (χ0v) is 43.3. The van der Waals surface area contributed by atoms with Crippen molar-refractivity contribution in [3.8, 4) is 16.8 Å². The van der Waals surface area contributed by atoms with Gasteiger partial charge in [0.1, 0.15) is 11.3 Å². The summed E-state index contributed by atoms with van der Waals surface area (Å²) in [6.07, 6.45) is 2.01. The van der Waals surface area contributed by atoms with Crippen molar-refractivity contribution in [1.29, 1.82) is 0 Å². The smallest absolute Gasteiger partial charge is 0.251 e. The fourth-order valence-corrected chi connectivity index (χ4v) is 11.5. The van der Waals surface area contributed by atoms with Gasteiger partial charge in [-0.25, -0.2) is 0 Å². The Bertz CT molecular complexity index is 3370. The highest BCUT2D eigenvalue weighted by molar-refractivity contribution is 7.02. The van der Waals surface area contributed by atoms with Gasteiger partial charge in [-0.15, -0.1) is 0 Å². The maximum atomic E-state index is 2.76. The lowest BCUT2D eigenvalue weighted by molar-refractivity contribution is 0.392. The molecule has 4 heteroatoms. The van der Waals surface area contributed by atoms with Gasteiger partial charge in [-0.1, -0.05) is 166 Å². The highest BCUT2D eigenvalue weighted by Crippen LogP contribution is 2.44. The largest absolute Gasteiger partial charge is 0.294 e. The second-order valence-corrected chi connectivity index (χ2v) is 26.9. The molecule has 5 heterocycles. The van der Waals surface area contributed by atoms with Crippen LogP contribution >= 0.6 is 0 Å². The van der Waals surface area contributed by atoms with Crippen LogP contribution in [0.3, 0.4) is 0 Å². The summed E-state index contributed by atoms with van der Waals surface area (Å²) in [6, 6.07) is 32.7. The second kappa shape index (κ2) is 13.6. The van der Waals surface area contributed by atoms with Crippen LogP contribution < -0.4 is 16.4 Å². The van der Waals surface area contributed by atoms with Gasteiger partial charge in [0.15, 0.2) is 0 Å². The molecule has 3 aromatic heterocycles. The van der Waals surface area contributed by atoms with Gasteiger partial charge in [-0.05, 0) is 156 Å². The fourth-order valence-electron chi connectivity index (χ4n) is 11.5. The first kappa shape index (κ1) is 43.9. The Morgan fingerprint density at radius 1 is 0.415 bits per heavy atom. The molecule has 0 fully saturated rings. The first-order chi connectivity index (χ1) is 29.9. The molecule has 336 valence electrons. The molecule has 2 aliphatic rings. The average Bonchev–Trinajstić information content (AvgIpc) is 3.74. The molecular formula is C61H74BN3. The first-order valence-electron chi connectivity index (χ1n) is 24.6. The number of fused-ring (bicyclic) bond motifs is 15. The third-order valence-electron chi connectivity index (χ3n) is 14.9. The Hall–Kier alpha value is -4.96. The van der Waals surface area contributed by atoms with Crippen molar-refractivity contribution in [3.05, 3.63) is 118 Å². The summed E-state index contributed by atoms with van der Waals surface area (Å²) in [5.41, 5.74) is 26.0. The molecule has 0 spiro atoms. The van der Waals surface area contributed by atoms with Crippen molar-refractivity contribution in [2.24, 2.45) is 10.8 Å². The minimum atomic E-state index is -0.0676. The zero-order valence-electron chi connectivity index (χ0n) is 43.3. The summed E-state index contributed by atoms with van der Waals surface area (Å²) in [4.78, 5) is 0. The Labute approximate surface area is 390 Å². The molecule has 0 unspecified atom stereocenters. The summed E-state index contributed by atoms with van der Waals surface area (Å²) < 4.78 is 8.16. The summed E-state index contributed by atoms with van der Waals surface area (Å²) in [6.45, 7) is 45.3. The van der Waals surface area contributed by atoms with E-state index >= 15 is 0 Å². The molecule has 10 rings (SSSR count). The Balaban J connectivity index is 1.55. The van der Waals surface area contributed by atoms with E-state index in [9.17, 15) is 0 Å². The normalized spacial score (nSPS) is 14.5. The Morgan fingerprint density at radius 3 is 1.37 bits per heavy atom. The van der Waals surface area contributed by atoms with Gasteiger partial charge < -0.3 is 0 Å². The summed E-state index contributed by atoms with van der Waals surface area (Å²) in [5, 5.41) is 2.70. The highest BCUT2D eigenvalue weighted by Gasteiger charge is 2.45. The van der Waals surface area contributed by atoms with Crippen LogP contribution in [0.2, 0.25) is 0 Å². The minimum absolute atomic E-state index is 0.0120. The number of nitrogens with zero attached hydrogens (tertiary/aromatic N) is 3. The SMILES string of the molecule is Cc1c2cc(C(C)(C)C)ccc2n2c3cc(CC(C)(C)C)c(CC(C)(C)C)cc3n3c4ccc(C(C)(C)C)cc4c4c3n(c12)-c1cc(C(C)(C)C)cc2c1B4c1ccc(C(C)(C)C)cc1-2. The summed E-state index contributed by atoms with van der Waals surface area (Å²) in [7, 11) is 0. The van der Waals surface area contributed by atoms with E-state index in [2.05, 4.69) is 224 Å². The Kier molecular flexibility index (Phi) is 9.17. The molecule has 0 atom stereocenters. The third kappa shape index (κ3) is 6.80. The van der Waals surface area contributed by atoms with Crippen molar-refractivity contribution in [2.45, 2.75) is 166 Å². The minimum Gasteiger partial charge on any atom is -0.294 e. The number of aryl methyl sites for hydroxylation is 1. The molecule has 0 radical (unpaired) electrons. The van der Waals surface area contributed by atoms with E-state index in [1.807, 2.05) is 0 Å². The van der Waals surface area contributed by atoms with Gasteiger partial charge in [0.2, 0.25) is 0 Å². The molecule has 0 bridgehead atoms. The van der Waals surface area contributed by atoms with Gasteiger partial charge in [0.25, 0.3) is 6.71 Å². The lowest BCUT2D eigenvalue weighted by atomic mass is 9.37. The van der Waals surface area contributed by atoms with Crippen molar-refractivity contribution in [2.75, 3.05) is 0 Å². The standard InChI is InChI=1S/C61H74BN3/c1-35-42-28-39(59(11,12)13)21-24-47(42)63-49-26-36(33-56(2,3)4)37(34-57(5,6)7)27-50(49)64-48-25-22-40(60(14,15)16)30-45(48)53-55(64)65(54(35)63)51-32-41(61(17,18)19)31-44-43-29-38(58(8,9)10)20-23-46(43)62(53)52(44)51/h20-32H,33-34H2,1-19H3. The molecule has 2 aliphatic heterocycles. The zero-order chi connectivity index (χ0) is 47.0. The van der Waals surface area contributed by atoms with Crippen LogP contribution in [0.25, 0.3) is 60.9 Å². The van der Waals surface area contributed by atoms with Crippen molar-refractivity contribution < 1.29 is 0 Å². The van der Waals surface area contributed by atoms with E-state index in [0.29, 0.717) is 0 Å².